The number of ether oxygens (including phenoxy) is 2. The summed E-state index contributed by atoms with van der Waals surface area (Å²) in [4.78, 5) is 35.8. The SMILES string of the molecule is CC(C)(C)OC[C@H](NC(=O)OCC1c2ccccc2-c2ccccc21)C(=O)NCCC(=O)O. The van der Waals surface area contributed by atoms with Gasteiger partial charge in [-0.25, -0.2) is 4.79 Å². The van der Waals surface area contributed by atoms with Crippen molar-refractivity contribution < 1.29 is 29.0 Å². The Labute approximate surface area is 193 Å². The predicted octanol–water partition coefficient (Wildman–Crippen LogP) is 3.30. The summed E-state index contributed by atoms with van der Waals surface area (Å²) < 4.78 is 11.2. The molecule has 0 radical (unpaired) electrons. The first-order valence-electron chi connectivity index (χ1n) is 10.9. The van der Waals surface area contributed by atoms with Crippen molar-refractivity contribution in [2.75, 3.05) is 19.8 Å². The largest absolute Gasteiger partial charge is 0.481 e. The summed E-state index contributed by atoms with van der Waals surface area (Å²) in [5.41, 5.74) is 3.89. The number of fused-ring (bicyclic) bond motifs is 3. The van der Waals surface area contributed by atoms with E-state index in [1.165, 1.54) is 0 Å². The van der Waals surface area contributed by atoms with Gasteiger partial charge in [0.05, 0.1) is 18.6 Å². The molecule has 8 nitrogen and oxygen atoms in total. The molecule has 0 saturated carbocycles. The summed E-state index contributed by atoms with van der Waals surface area (Å²) in [5.74, 6) is -1.66. The molecule has 0 aliphatic heterocycles. The van der Waals surface area contributed by atoms with Gasteiger partial charge < -0.3 is 25.2 Å². The number of carboxylic acid groups (broad SMARTS) is 1. The Morgan fingerprint density at radius 1 is 1.00 bits per heavy atom. The van der Waals surface area contributed by atoms with Crippen LogP contribution >= 0.6 is 0 Å². The van der Waals surface area contributed by atoms with Gasteiger partial charge in [-0.05, 0) is 43.0 Å². The zero-order valence-corrected chi connectivity index (χ0v) is 19.1. The number of carboxylic acids is 1. The minimum atomic E-state index is -1.03. The molecular formula is C25H30N2O6. The quantitative estimate of drug-likeness (QED) is 0.536. The van der Waals surface area contributed by atoms with Gasteiger partial charge in [-0.2, -0.15) is 0 Å². The van der Waals surface area contributed by atoms with Crippen LogP contribution < -0.4 is 10.6 Å². The summed E-state index contributed by atoms with van der Waals surface area (Å²) >= 11 is 0. The molecule has 2 aromatic carbocycles. The van der Waals surface area contributed by atoms with Crippen LogP contribution in [0, 0.1) is 0 Å². The molecule has 0 spiro atoms. The molecule has 3 rings (SSSR count). The molecule has 0 heterocycles. The Balaban J connectivity index is 1.64. The van der Waals surface area contributed by atoms with E-state index in [0.29, 0.717) is 0 Å². The number of carbonyl (C=O) groups excluding carboxylic acids is 2. The van der Waals surface area contributed by atoms with Crippen LogP contribution in [-0.4, -0.2) is 54.5 Å². The molecule has 2 aromatic rings. The lowest BCUT2D eigenvalue weighted by molar-refractivity contribution is -0.137. The molecule has 33 heavy (non-hydrogen) atoms. The molecule has 3 N–H and O–H groups in total. The molecule has 0 fully saturated rings. The van der Waals surface area contributed by atoms with Gasteiger partial charge in [0.1, 0.15) is 12.6 Å². The van der Waals surface area contributed by atoms with E-state index >= 15 is 0 Å². The second-order valence-corrected chi connectivity index (χ2v) is 8.88. The zero-order chi connectivity index (χ0) is 24.0. The van der Waals surface area contributed by atoms with Crippen molar-refractivity contribution >= 4 is 18.0 Å². The first-order valence-corrected chi connectivity index (χ1v) is 10.9. The average Bonchev–Trinajstić information content (AvgIpc) is 3.08. The van der Waals surface area contributed by atoms with Crippen molar-refractivity contribution in [2.24, 2.45) is 0 Å². The van der Waals surface area contributed by atoms with Crippen molar-refractivity contribution in [2.45, 2.75) is 44.8 Å². The van der Waals surface area contributed by atoms with Crippen molar-refractivity contribution in [1.29, 1.82) is 0 Å². The molecule has 1 aliphatic rings. The highest BCUT2D eigenvalue weighted by Crippen LogP contribution is 2.44. The Morgan fingerprint density at radius 2 is 1.58 bits per heavy atom. The number of hydrogen-bond donors (Lipinski definition) is 3. The van der Waals surface area contributed by atoms with E-state index in [-0.39, 0.29) is 32.1 Å². The first-order chi connectivity index (χ1) is 15.7. The van der Waals surface area contributed by atoms with Crippen molar-refractivity contribution in [3.8, 4) is 11.1 Å². The minimum Gasteiger partial charge on any atom is -0.481 e. The fraction of sp³-hybridized carbons (Fsp3) is 0.400. The molecule has 0 bridgehead atoms. The van der Waals surface area contributed by atoms with Crippen LogP contribution in [0.25, 0.3) is 11.1 Å². The fourth-order valence-electron chi connectivity index (χ4n) is 3.71. The third kappa shape index (κ3) is 6.55. The highest BCUT2D eigenvalue weighted by molar-refractivity contribution is 5.86. The number of benzene rings is 2. The molecule has 0 saturated heterocycles. The summed E-state index contributed by atoms with van der Waals surface area (Å²) in [6.45, 7) is 5.49. The van der Waals surface area contributed by atoms with Crippen LogP contribution in [0.4, 0.5) is 4.79 Å². The van der Waals surface area contributed by atoms with Crippen LogP contribution in [0.1, 0.15) is 44.2 Å². The molecule has 0 aromatic heterocycles. The standard InChI is InChI=1S/C25H30N2O6/c1-25(2,3)33-15-21(23(30)26-13-12-22(28)29)27-24(31)32-14-20-18-10-6-4-8-16(18)17-9-5-7-11-19(17)20/h4-11,20-21H,12-15H2,1-3H3,(H,26,30)(H,27,31)(H,28,29)/t21-/m0/s1. The van der Waals surface area contributed by atoms with E-state index < -0.39 is 29.6 Å². The maximum atomic E-state index is 12.6. The van der Waals surface area contributed by atoms with E-state index in [1.54, 1.807) is 0 Å². The second-order valence-electron chi connectivity index (χ2n) is 8.88. The van der Waals surface area contributed by atoms with Crippen molar-refractivity contribution in [3.05, 3.63) is 59.7 Å². The number of nitrogens with one attached hydrogen (secondary N) is 2. The van der Waals surface area contributed by atoms with Gasteiger partial charge >= 0.3 is 12.1 Å². The van der Waals surface area contributed by atoms with Gasteiger partial charge in [0.25, 0.3) is 0 Å². The number of hydrogen-bond acceptors (Lipinski definition) is 5. The van der Waals surface area contributed by atoms with E-state index in [4.69, 9.17) is 14.6 Å². The fourth-order valence-corrected chi connectivity index (χ4v) is 3.71. The molecular weight excluding hydrogens is 424 g/mol. The molecule has 8 heteroatoms. The van der Waals surface area contributed by atoms with Crippen LogP contribution in [0.5, 0.6) is 0 Å². The number of aliphatic carboxylic acids is 1. The lowest BCUT2D eigenvalue weighted by Gasteiger charge is -2.24. The Morgan fingerprint density at radius 3 is 2.12 bits per heavy atom. The Bertz CT molecular complexity index is 968. The van der Waals surface area contributed by atoms with Crippen LogP contribution in [0.15, 0.2) is 48.5 Å². The molecule has 1 atom stereocenters. The normalized spacial score (nSPS) is 13.5. The average molecular weight is 455 g/mol. The third-order valence-corrected chi connectivity index (χ3v) is 5.27. The topological polar surface area (TPSA) is 114 Å². The van der Waals surface area contributed by atoms with Gasteiger partial charge in [0.2, 0.25) is 5.91 Å². The Kier molecular flexibility index (Phi) is 7.71. The summed E-state index contributed by atoms with van der Waals surface area (Å²) in [6.07, 6.45) is -0.962. The number of alkyl carbamates (subject to hydrolysis) is 1. The number of amides is 2. The Hall–Kier alpha value is -3.39. The molecule has 2 amide bonds. The maximum Gasteiger partial charge on any atom is 0.407 e. The molecule has 0 unspecified atom stereocenters. The smallest absolute Gasteiger partial charge is 0.407 e. The summed E-state index contributed by atoms with van der Waals surface area (Å²) in [7, 11) is 0. The van der Waals surface area contributed by atoms with Crippen LogP contribution in [-0.2, 0) is 19.1 Å². The predicted molar refractivity (Wildman–Crippen MR) is 123 cm³/mol. The van der Waals surface area contributed by atoms with Gasteiger partial charge in [-0.15, -0.1) is 0 Å². The lowest BCUT2D eigenvalue weighted by Crippen LogP contribution is -2.51. The van der Waals surface area contributed by atoms with E-state index in [9.17, 15) is 14.4 Å². The number of rotatable bonds is 9. The monoisotopic (exact) mass is 454 g/mol. The molecule has 176 valence electrons. The van der Waals surface area contributed by atoms with Crippen LogP contribution in [0.2, 0.25) is 0 Å². The van der Waals surface area contributed by atoms with Crippen molar-refractivity contribution in [1.82, 2.24) is 10.6 Å². The lowest BCUT2D eigenvalue weighted by atomic mass is 9.98. The van der Waals surface area contributed by atoms with E-state index in [1.807, 2.05) is 57.2 Å². The maximum absolute atomic E-state index is 12.6. The minimum absolute atomic E-state index is 0.0491. The summed E-state index contributed by atoms with van der Waals surface area (Å²) in [5, 5.41) is 13.8. The van der Waals surface area contributed by atoms with Gasteiger partial charge in [0.15, 0.2) is 0 Å². The first kappa shape index (κ1) is 24.3. The van der Waals surface area contributed by atoms with E-state index in [2.05, 4.69) is 22.8 Å². The van der Waals surface area contributed by atoms with Gasteiger partial charge in [0, 0.05) is 12.5 Å². The summed E-state index contributed by atoms with van der Waals surface area (Å²) in [6, 6.07) is 15.0. The van der Waals surface area contributed by atoms with Crippen LogP contribution in [0.3, 0.4) is 0 Å². The zero-order valence-electron chi connectivity index (χ0n) is 19.1. The third-order valence-electron chi connectivity index (χ3n) is 5.27. The highest BCUT2D eigenvalue weighted by atomic mass is 16.5. The van der Waals surface area contributed by atoms with E-state index in [0.717, 1.165) is 22.3 Å². The highest BCUT2D eigenvalue weighted by Gasteiger charge is 2.30. The van der Waals surface area contributed by atoms with Crippen molar-refractivity contribution in [3.63, 3.8) is 0 Å². The molecule has 1 aliphatic carbocycles. The van der Waals surface area contributed by atoms with Gasteiger partial charge in [-0.3, -0.25) is 9.59 Å². The second kappa shape index (κ2) is 10.5. The number of carbonyl (C=O) groups is 3. The van der Waals surface area contributed by atoms with Gasteiger partial charge in [-0.1, -0.05) is 48.5 Å².